The van der Waals surface area contributed by atoms with Gasteiger partial charge in [-0.05, 0) is 37.0 Å². The quantitative estimate of drug-likeness (QED) is 0.874. The van der Waals surface area contributed by atoms with Crippen LogP contribution in [0.25, 0.3) is 0 Å². The maximum Gasteiger partial charge on any atom is 0.317 e. The van der Waals surface area contributed by atoms with E-state index in [4.69, 9.17) is 14.2 Å². The molecular weight excluding hydrogens is 284 g/mol. The van der Waals surface area contributed by atoms with Crippen molar-refractivity contribution in [2.45, 2.75) is 19.3 Å². The van der Waals surface area contributed by atoms with Gasteiger partial charge >= 0.3 is 6.03 Å². The number of likely N-dealkylation sites (tertiary alicyclic amines) is 1. The zero-order chi connectivity index (χ0) is 15.9. The second-order valence-corrected chi connectivity index (χ2v) is 5.21. The lowest BCUT2D eigenvalue weighted by Gasteiger charge is -2.17. The largest absolute Gasteiger partial charge is 0.493 e. The number of hydrogen-bond donors (Lipinski definition) is 1. The van der Waals surface area contributed by atoms with Gasteiger partial charge in [0.25, 0.3) is 0 Å². The van der Waals surface area contributed by atoms with E-state index >= 15 is 0 Å². The van der Waals surface area contributed by atoms with Crippen molar-refractivity contribution in [3.63, 3.8) is 0 Å². The van der Waals surface area contributed by atoms with Crippen LogP contribution >= 0.6 is 0 Å². The molecule has 0 bridgehead atoms. The van der Waals surface area contributed by atoms with Gasteiger partial charge in [-0.3, -0.25) is 0 Å². The van der Waals surface area contributed by atoms with Crippen LogP contribution in [0, 0.1) is 0 Å². The topological polar surface area (TPSA) is 60.0 Å². The number of benzene rings is 1. The third-order valence-electron chi connectivity index (χ3n) is 3.81. The first-order valence-electron chi connectivity index (χ1n) is 7.51. The maximum absolute atomic E-state index is 11.9. The molecule has 0 radical (unpaired) electrons. The zero-order valence-electron chi connectivity index (χ0n) is 13.5. The summed E-state index contributed by atoms with van der Waals surface area (Å²) in [4.78, 5) is 13.8. The van der Waals surface area contributed by atoms with Crippen molar-refractivity contribution in [2.75, 3.05) is 41.0 Å². The SMILES string of the molecule is COc1cc(CCNC(=O)N2CCCC2)cc(OC)c1OC. The molecule has 0 unspecified atom stereocenters. The molecule has 1 N–H and O–H groups in total. The number of carbonyl (C=O) groups is 1. The Morgan fingerprint density at radius 1 is 1.09 bits per heavy atom. The summed E-state index contributed by atoms with van der Waals surface area (Å²) >= 11 is 0. The minimum absolute atomic E-state index is 0.0185. The standard InChI is InChI=1S/C16H24N2O4/c1-20-13-10-12(11-14(21-2)15(13)22-3)6-7-17-16(19)18-8-4-5-9-18/h10-11H,4-9H2,1-3H3,(H,17,19). The van der Waals surface area contributed by atoms with Crippen LogP contribution in [0.3, 0.4) is 0 Å². The van der Waals surface area contributed by atoms with Gasteiger partial charge in [0.1, 0.15) is 0 Å². The minimum atomic E-state index is 0.0185. The van der Waals surface area contributed by atoms with E-state index in [2.05, 4.69) is 5.32 Å². The number of hydrogen-bond acceptors (Lipinski definition) is 4. The highest BCUT2D eigenvalue weighted by molar-refractivity contribution is 5.74. The Balaban J connectivity index is 1.96. The maximum atomic E-state index is 11.9. The normalized spacial score (nSPS) is 13.9. The van der Waals surface area contributed by atoms with Gasteiger partial charge in [0, 0.05) is 19.6 Å². The zero-order valence-corrected chi connectivity index (χ0v) is 13.5. The lowest BCUT2D eigenvalue weighted by Crippen LogP contribution is -2.38. The van der Waals surface area contributed by atoms with Crippen molar-refractivity contribution in [3.05, 3.63) is 17.7 Å². The average Bonchev–Trinajstić information content (AvgIpc) is 3.08. The van der Waals surface area contributed by atoms with Crippen LogP contribution < -0.4 is 19.5 Å². The molecular formula is C16H24N2O4. The summed E-state index contributed by atoms with van der Waals surface area (Å²) in [6.45, 7) is 2.29. The molecule has 1 aliphatic heterocycles. The third kappa shape index (κ3) is 3.75. The van der Waals surface area contributed by atoms with Crippen molar-refractivity contribution in [1.29, 1.82) is 0 Å². The fourth-order valence-electron chi connectivity index (χ4n) is 2.63. The summed E-state index contributed by atoms with van der Waals surface area (Å²) in [6.07, 6.45) is 2.90. The summed E-state index contributed by atoms with van der Waals surface area (Å²) in [5.41, 5.74) is 1.02. The molecule has 1 fully saturated rings. The monoisotopic (exact) mass is 308 g/mol. The Bertz CT molecular complexity index is 488. The van der Waals surface area contributed by atoms with E-state index in [1.807, 2.05) is 17.0 Å². The van der Waals surface area contributed by atoms with E-state index in [1.54, 1.807) is 21.3 Å². The van der Waals surface area contributed by atoms with E-state index < -0.39 is 0 Å². The molecule has 0 spiro atoms. The van der Waals surface area contributed by atoms with Crippen LogP contribution in [0.4, 0.5) is 4.79 Å². The van der Waals surface area contributed by atoms with E-state index in [9.17, 15) is 4.79 Å². The van der Waals surface area contributed by atoms with Crippen LogP contribution in [0.2, 0.25) is 0 Å². The number of nitrogens with zero attached hydrogens (tertiary/aromatic N) is 1. The van der Waals surface area contributed by atoms with Gasteiger partial charge in [0.15, 0.2) is 11.5 Å². The Morgan fingerprint density at radius 2 is 1.68 bits per heavy atom. The molecule has 1 aliphatic rings. The molecule has 2 amide bonds. The molecule has 1 aromatic rings. The first kappa shape index (κ1) is 16.3. The van der Waals surface area contributed by atoms with Gasteiger partial charge in [0.05, 0.1) is 21.3 Å². The highest BCUT2D eigenvalue weighted by Gasteiger charge is 2.17. The third-order valence-corrected chi connectivity index (χ3v) is 3.81. The van der Waals surface area contributed by atoms with Gasteiger partial charge in [-0.25, -0.2) is 4.79 Å². The number of urea groups is 1. The predicted octanol–water partition coefficient (Wildman–Crippen LogP) is 2.06. The second-order valence-electron chi connectivity index (χ2n) is 5.21. The van der Waals surface area contributed by atoms with Crippen LogP contribution in [-0.4, -0.2) is 51.9 Å². The van der Waals surface area contributed by atoms with Gasteiger partial charge in [0.2, 0.25) is 5.75 Å². The summed E-state index contributed by atoms with van der Waals surface area (Å²) in [5, 5.41) is 2.95. The Hall–Kier alpha value is -2.11. The number of amides is 2. The Labute approximate surface area is 131 Å². The molecule has 6 nitrogen and oxygen atoms in total. The molecule has 122 valence electrons. The molecule has 6 heteroatoms. The fourth-order valence-corrected chi connectivity index (χ4v) is 2.63. The first-order chi connectivity index (χ1) is 10.7. The number of rotatable bonds is 6. The second kappa shape index (κ2) is 7.77. The first-order valence-corrected chi connectivity index (χ1v) is 7.51. The van der Waals surface area contributed by atoms with Gasteiger partial charge in [-0.1, -0.05) is 0 Å². The number of carbonyl (C=O) groups excluding carboxylic acids is 1. The predicted molar refractivity (Wildman–Crippen MR) is 84.0 cm³/mol. The van der Waals surface area contributed by atoms with Gasteiger partial charge in [-0.15, -0.1) is 0 Å². The van der Waals surface area contributed by atoms with Crippen molar-refractivity contribution in [3.8, 4) is 17.2 Å². The fraction of sp³-hybridized carbons (Fsp3) is 0.562. The molecule has 1 heterocycles. The minimum Gasteiger partial charge on any atom is -0.493 e. The Morgan fingerprint density at radius 3 is 2.18 bits per heavy atom. The van der Waals surface area contributed by atoms with Crippen molar-refractivity contribution >= 4 is 6.03 Å². The van der Waals surface area contributed by atoms with E-state index in [1.165, 1.54) is 0 Å². The molecule has 22 heavy (non-hydrogen) atoms. The van der Waals surface area contributed by atoms with E-state index in [-0.39, 0.29) is 6.03 Å². The lowest BCUT2D eigenvalue weighted by atomic mass is 10.1. The number of ether oxygens (including phenoxy) is 3. The van der Waals surface area contributed by atoms with Crippen LogP contribution in [0.5, 0.6) is 17.2 Å². The van der Waals surface area contributed by atoms with E-state index in [0.717, 1.165) is 31.5 Å². The van der Waals surface area contributed by atoms with Crippen molar-refractivity contribution in [1.82, 2.24) is 10.2 Å². The molecule has 0 atom stereocenters. The molecule has 2 rings (SSSR count). The molecule has 0 saturated carbocycles. The smallest absolute Gasteiger partial charge is 0.317 e. The average molecular weight is 308 g/mol. The summed E-state index contributed by atoms with van der Waals surface area (Å²) in [7, 11) is 4.77. The summed E-state index contributed by atoms with van der Waals surface area (Å²) in [6, 6.07) is 3.83. The Kier molecular flexibility index (Phi) is 5.75. The van der Waals surface area contributed by atoms with Gasteiger partial charge in [-0.2, -0.15) is 0 Å². The van der Waals surface area contributed by atoms with Crippen molar-refractivity contribution in [2.24, 2.45) is 0 Å². The molecule has 0 aromatic heterocycles. The van der Waals surface area contributed by atoms with Crippen LogP contribution in [0.1, 0.15) is 18.4 Å². The van der Waals surface area contributed by atoms with Crippen LogP contribution in [-0.2, 0) is 6.42 Å². The molecule has 1 aromatic carbocycles. The summed E-state index contributed by atoms with van der Waals surface area (Å²) in [5.74, 6) is 1.83. The molecule has 1 saturated heterocycles. The lowest BCUT2D eigenvalue weighted by molar-refractivity contribution is 0.209. The van der Waals surface area contributed by atoms with E-state index in [0.29, 0.717) is 30.2 Å². The molecule has 0 aliphatic carbocycles. The van der Waals surface area contributed by atoms with Crippen LogP contribution in [0.15, 0.2) is 12.1 Å². The number of methoxy groups -OCH3 is 3. The number of nitrogens with one attached hydrogen (secondary N) is 1. The van der Waals surface area contributed by atoms with Gasteiger partial charge < -0.3 is 24.4 Å². The highest BCUT2D eigenvalue weighted by Crippen LogP contribution is 2.38. The highest BCUT2D eigenvalue weighted by atomic mass is 16.5. The van der Waals surface area contributed by atoms with Crippen molar-refractivity contribution < 1.29 is 19.0 Å². The summed E-state index contributed by atoms with van der Waals surface area (Å²) < 4.78 is 16.0.